The van der Waals surface area contributed by atoms with E-state index in [0.717, 1.165) is 12.8 Å². The first-order valence-corrected chi connectivity index (χ1v) is 10.2. The summed E-state index contributed by atoms with van der Waals surface area (Å²) in [6, 6.07) is 7.59. The number of benzene rings is 1. The maximum absolute atomic E-state index is 13.9. The van der Waals surface area contributed by atoms with Gasteiger partial charge in [-0.05, 0) is 44.2 Å². The summed E-state index contributed by atoms with van der Waals surface area (Å²) in [6.07, 6.45) is 1.30. The average Bonchev–Trinajstić information content (AvgIpc) is 2.56. The number of hydrogen-bond acceptors (Lipinski definition) is 3. The van der Waals surface area contributed by atoms with Gasteiger partial charge in [0.2, 0.25) is 10.0 Å². The number of aliphatic hydroxyl groups excluding tert-OH is 1. The summed E-state index contributed by atoms with van der Waals surface area (Å²) in [6.45, 7) is 5.42. The Morgan fingerprint density at radius 2 is 1.75 bits per heavy atom. The van der Waals surface area contributed by atoms with Gasteiger partial charge in [0.1, 0.15) is 6.17 Å². The van der Waals surface area contributed by atoms with Crippen molar-refractivity contribution in [3.05, 3.63) is 30.3 Å². The van der Waals surface area contributed by atoms with Gasteiger partial charge in [-0.3, -0.25) is 0 Å². The normalized spacial score (nSPS) is 17.2. The highest BCUT2D eigenvalue weighted by atomic mass is 32.2. The van der Waals surface area contributed by atoms with Crippen molar-refractivity contribution in [3.8, 4) is 0 Å². The number of aliphatic hydroxyl groups is 1. The van der Waals surface area contributed by atoms with E-state index in [2.05, 4.69) is 4.72 Å². The largest absolute Gasteiger partial charge is 0.393 e. The van der Waals surface area contributed by atoms with Crippen LogP contribution in [0.3, 0.4) is 0 Å². The van der Waals surface area contributed by atoms with Gasteiger partial charge in [-0.25, -0.2) is 17.5 Å². The first-order chi connectivity index (χ1) is 11.3. The third kappa shape index (κ3) is 6.87. The molecule has 0 radical (unpaired) electrons. The minimum atomic E-state index is -3.69. The topological polar surface area (TPSA) is 66.4 Å². The second kappa shape index (κ2) is 10.1. The van der Waals surface area contributed by atoms with E-state index in [-0.39, 0.29) is 10.8 Å². The zero-order valence-corrected chi connectivity index (χ0v) is 15.6. The van der Waals surface area contributed by atoms with E-state index < -0.39 is 28.3 Å². The van der Waals surface area contributed by atoms with Crippen LogP contribution in [0.15, 0.2) is 35.2 Å². The highest BCUT2D eigenvalue weighted by Crippen LogP contribution is 2.20. The maximum atomic E-state index is 13.9. The van der Waals surface area contributed by atoms with E-state index in [1.165, 1.54) is 12.1 Å². The molecule has 0 aromatic heterocycles. The fraction of sp³-hybridized carbons (Fsp3) is 0.667. The molecule has 2 unspecified atom stereocenters. The third-order valence-corrected chi connectivity index (χ3v) is 5.92. The van der Waals surface area contributed by atoms with Crippen molar-refractivity contribution in [2.45, 2.75) is 76.1 Å². The molecule has 4 atom stereocenters. The van der Waals surface area contributed by atoms with Gasteiger partial charge in [0.05, 0.1) is 11.0 Å². The summed E-state index contributed by atoms with van der Waals surface area (Å²) >= 11 is 0. The molecule has 0 fully saturated rings. The van der Waals surface area contributed by atoms with Crippen molar-refractivity contribution in [3.63, 3.8) is 0 Å². The molecule has 4 nitrogen and oxygen atoms in total. The number of sulfonamides is 1. The van der Waals surface area contributed by atoms with Crippen LogP contribution in [0.2, 0.25) is 0 Å². The summed E-state index contributed by atoms with van der Waals surface area (Å²) < 4.78 is 41.6. The second-order valence-corrected chi connectivity index (χ2v) is 8.17. The van der Waals surface area contributed by atoms with Crippen LogP contribution in [-0.2, 0) is 10.0 Å². The molecule has 1 aromatic carbocycles. The van der Waals surface area contributed by atoms with Crippen molar-refractivity contribution < 1.29 is 17.9 Å². The van der Waals surface area contributed by atoms with E-state index in [1.54, 1.807) is 32.0 Å². The molecule has 0 bridgehead atoms. The molecule has 24 heavy (non-hydrogen) atoms. The highest BCUT2D eigenvalue weighted by Gasteiger charge is 2.27. The van der Waals surface area contributed by atoms with Gasteiger partial charge >= 0.3 is 0 Å². The van der Waals surface area contributed by atoms with Crippen LogP contribution in [0.1, 0.15) is 52.9 Å². The molecule has 0 heterocycles. The van der Waals surface area contributed by atoms with Crippen molar-refractivity contribution in [1.82, 2.24) is 4.72 Å². The maximum Gasteiger partial charge on any atom is 0.240 e. The van der Waals surface area contributed by atoms with Crippen LogP contribution in [-0.4, -0.2) is 31.8 Å². The number of halogens is 1. The Hall–Kier alpha value is -0.980. The predicted molar refractivity (Wildman–Crippen MR) is 95.1 cm³/mol. The van der Waals surface area contributed by atoms with Crippen LogP contribution < -0.4 is 4.72 Å². The minimum Gasteiger partial charge on any atom is -0.393 e. The number of hydrogen-bond donors (Lipinski definition) is 2. The van der Waals surface area contributed by atoms with Crippen LogP contribution in [0, 0.1) is 5.92 Å². The summed E-state index contributed by atoms with van der Waals surface area (Å²) in [5.74, 6) is -0.304. The molecule has 1 aromatic rings. The zero-order chi connectivity index (χ0) is 18.2. The number of nitrogens with one attached hydrogen (secondary N) is 1. The quantitative estimate of drug-likeness (QED) is 0.634. The molecule has 0 saturated carbocycles. The van der Waals surface area contributed by atoms with Crippen molar-refractivity contribution in [2.75, 3.05) is 0 Å². The third-order valence-electron chi connectivity index (χ3n) is 4.42. The van der Waals surface area contributed by atoms with E-state index in [1.807, 2.05) is 6.92 Å². The summed E-state index contributed by atoms with van der Waals surface area (Å²) in [5.41, 5.74) is 0. The Labute approximate surface area is 145 Å². The molecular formula is C18H30FNO3S. The summed E-state index contributed by atoms with van der Waals surface area (Å²) in [5, 5.41) is 9.84. The molecule has 6 heteroatoms. The fourth-order valence-corrected chi connectivity index (χ4v) is 3.95. The summed E-state index contributed by atoms with van der Waals surface area (Å²) in [7, 11) is -3.69. The van der Waals surface area contributed by atoms with Gasteiger partial charge in [-0.1, -0.05) is 44.9 Å². The number of unbranched alkanes of at least 4 members (excludes halogenated alkanes) is 1. The lowest BCUT2D eigenvalue weighted by molar-refractivity contribution is 0.110. The lowest BCUT2D eigenvalue weighted by atomic mass is 9.92. The fourth-order valence-electron chi connectivity index (χ4n) is 2.56. The SMILES string of the molecule is CCCCC(F)CCC(NS(=O)(=O)c1ccccc1)[C@H](C)[C@H](C)O. The molecular weight excluding hydrogens is 329 g/mol. The van der Waals surface area contributed by atoms with Gasteiger partial charge in [0, 0.05) is 6.04 Å². The van der Waals surface area contributed by atoms with Crippen LogP contribution in [0.25, 0.3) is 0 Å². The Morgan fingerprint density at radius 3 is 2.29 bits per heavy atom. The summed E-state index contributed by atoms with van der Waals surface area (Å²) in [4.78, 5) is 0.176. The Bertz CT molecular complexity index is 563. The van der Waals surface area contributed by atoms with E-state index in [4.69, 9.17) is 0 Å². The smallest absolute Gasteiger partial charge is 0.240 e. The lowest BCUT2D eigenvalue weighted by Gasteiger charge is -2.27. The molecule has 0 aliphatic carbocycles. The predicted octanol–water partition coefficient (Wildman–Crippen LogP) is 3.66. The van der Waals surface area contributed by atoms with Crippen LogP contribution in [0.5, 0.6) is 0 Å². The first-order valence-electron chi connectivity index (χ1n) is 8.67. The van der Waals surface area contributed by atoms with E-state index >= 15 is 0 Å². The van der Waals surface area contributed by atoms with E-state index in [9.17, 15) is 17.9 Å². The zero-order valence-electron chi connectivity index (χ0n) is 14.8. The van der Waals surface area contributed by atoms with Crippen molar-refractivity contribution >= 4 is 10.0 Å². The van der Waals surface area contributed by atoms with Gasteiger partial charge < -0.3 is 5.11 Å². The molecule has 138 valence electrons. The molecule has 1 rings (SSSR count). The van der Waals surface area contributed by atoms with Gasteiger partial charge in [-0.2, -0.15) is 0 Å². The van der Waals surface area contributed by atoms with Crippen molar-refractivity contribution in [1.29, 1.82) is 0 Å². The standard InChI is InChI=1S/C18H30FNO3S/c1-4-5-9-16(19)12-13-18(14(2)15(3)21)20-24(22,23)17-10-7-6-8-11-17/h6-8,10-11,14-16,18,20-21H,4-5,9,12-13H2,1-3H3/t14-,15+,16?,18?/m1/s1. The first kappa shape index (κ1) is 21.1. The molecule has 2 N–H and O–H groups in total. The molecule has 0 aliphatic rings. The minimum absolute atomic E-state index is 0.176. The molecule has 0 amide bonds. The second-order valence-electron chi connectivity index (χ2n) is 6.46. The van der Waals surface area contributed by atoms with Crippen molar-refractivity contribution in [2.24, 2.45) is 5.92 Å². The lowest BCUT2D eigenvalue weighted by Crippen LogP contribution is -2.43. The van der Waals surface area contributed by atoms with E-state index in [0.29, 0.717) is 19.3 Å². The average molecular weight is 360 g/mol. The number of rotatable bonds is 11. The van der Waals surface area contributed by atoms with Crippen LogP contribution in [0.4, 0.5) is 4.39 Å². The van der Waals surface area contributed by atoms with Gasteiger partial charge in [0.15, 0.2) is 0 Å². The number of alkyl halides is 1. The Kier molecular flexibility index (Phi) is 8.87. The van der Waals surface area contributed by atoms with Gasteiger partial charge in [0.25, 0.3) is 0 Å². The molecule has 0 aliphatic heterocycles. The highest BCUT2D eigenvalue weighted by molar-refractivity contribution is 7.89. The van der Waals surface area contributed by atoms with Gasteiger partial charge in [-0.15, -0.1) is 0 Å². The Balaban J connectivity index is 2.79. The molecule has 0 spiro atoms. The monoisotopic (exact) mass is 359 g/mol. The Morgan fingerprint density at radius 1 is 1.12 bits per heavy atom. The molecule has 0 saturated heterocycles. The van der Waals surface area contributed by atoms with Crippen LogP contribution >= 0.6 is 0 Å².